The molecule has 2 aromatic rings. The molecule has 4 nitrogen and oxygen atoms in total. The predicted octanol–water partition coefficient (Wildman–Crippen LogP) is 3.44. The fourth-order valence-electron chi connectivity index (χ4n) is 3.23. The van der Waals surface area contributed by atoms with E-state index in [1.54, 1.807) is 6.07 Å². The van der Waals surface area contributed by atoms with Gasteiger partial charge in [-0.2, -0.15) is 0 Å². The van der Waals surface area contributed by atoms with Gasteiger partial charge in [0.2, 0.25) is 0 Å². The van der Waals surface area contributed by atoms with Crippen molar-refractivity contribution in [1.29, 1.82) is 0 Å². The maximum absolute atomic E-state index is 13.0. The second-order valence-electron chi connectivity index (χ2n) is 5.90. The summed E-state index contributed by atoms with van der Waals surface area (Å²) in [5.74, 6) is 1.39. The third-order valence-electron chi connectivity index (χ3n) is 4.39. The number of fused-ring (bicyclic) bond motifs is 2. The number of anilines is 1. The highest BCUT2D eigenvalue weighted by Gasteiger charge is 2.23. The number of nitrogens with zero attached hydrogens (tertiary/aromatic N) is 1. The third-order valence-corrected chi connectivity index (χ3v) is 4.39. The van der Waals surface area contributed by atoms with Gasteiger partial charge in [0.1, 0.15) is 13.2 Å². The van der Waals surface area contributed by atoms with Crippen LogP contribution in [0.25, 0.3) is 0 Å². The standard InChI is InChI=1S/C19H19NO3/c21-19(15-8-9-17-18(13-15)23-12-11-22-17)20-10-4-3-6-14-5-1-2-7-16(14)20/h1-2,5,7-9,13H,3-4,6,10-12H2. The number of aryl methyl sites for hydroxylation is 1. The van der Waals surface area contributed by atoms with E-state index in [-0.39, 0.29) is 5.91 Å². The molecule has 0 N–H and O–H groups in total. The van der Waals surface area contributed by atoms with E-state index < -0.39 is 0 Å². The van der Waals surface area contributed by atoms with Gasteiger partial charge < -0.3 is 14.4 Å². The molecule has 2 aromatic carbocycles. The van der Waals surface area contributed by atoms with Crippen molar-refractivity contribution in [1.82, 2.24) is 0 Å². The first-order chi connectivity index (χ1) is 11.3. The summed E-state index contributed by atoms with van der Waals surface area (Å²) in [5.41, 5.74) is 2.92. The smallest absolute Gasteiger partial charge is 0.258 e. The lowest BCUT2D eigenvalue weighted by atomic mass is 10.1. The normalized spacial score (nSPS) is 16.4. The molecule has 118 valence electrons. The maximum atomic E-state index is 13.0. The van der Waals surface area contributed by atoms with Gasteiger partial charge in [-0.25, -0.2) is 0 Å². The van der Waals surface area contributed by atoms with Gasteiger partial charge in [0, 0.05) is 17.8 Å². The van der Waals surface area contributed by atoms with Crippen LogP contribution in [0.3, 0.4) is 0 Å². The summed E-state index contributed by atoms with van der Waals surface area (Å²) in [7, 11) is 0. The van der Waals surface area contributed by atoms with E-state index in [4.69, 9.17) is 9.47 Å². The summed E-state index contributed by atoms with van der Waals surface area (Å²) in [5, 5.41) is 0. The molecule has 0 saturated carbocycles. The fourth-order valence-corrected chi connectivity index (χ4v) is 3.23. The van der Waals surface area contributed by atoms with Crippen molar-refractivity contribution < 1.29 is 14.3 Å². The van der Waals surface area contributed by atoms with Crippen molar-refractivity contribution in [2.45, 2.75) is 19.3 Å². The quantitative estimate of drug-likeness (QED) is 0.810. The van der Waals surface area contributed by atoms with Gasteiger partial charge in [-0.1, -0.05) is 18.2 Å². The molecular formula is C19H19NO3. The zero-order chi connectivity index (χ0) is 15.6. The molecule has 2 aliphatic heterocycles. The highest BCUT2D eigenvalue weighted by atomic mass is 16.6. The number of hydrogen-bond donors (Lipinski definition) is 0. The van der Waals surface area contributed by atoms with Gasteiger partial charge in [0.25, 0.3) is 5.91 Å². The van der Waals surface area contributed by atoms with E-state index in [0.717, 1.165) is 31.5 Å². The Balaban J connectivity index is 1.69. The monoisotopic (exact) mass is 309 g/mol. The van der Waals surface area contributed by atoms with Crippen LogP contribution in [0, 0.1) is 0 Å². The summed E-state index contributed by atoms with van der Waals surface area (Å²) in [6.07, 6.45) is 3.16. The minimum Gasteiger partial charge on any atom is -0.486 e. The molecule has 2 aliphatic rings. The van der Waals surface area contributed by atoms with Crippen LogP contribution < -0.4 is 14.4 Å². The Hall–Kier alpha value is -2.49. The largest absolute Gasteiger partial charge is 0.486 e. The Morgan fingerprint density at radius 1 is 0.957 bits per heavy atom. The lowest BCUT2D eigenvalue weighted by Crippen LogP contribution is -2.31. The van der Waals surface area contributed by atoms with E-state index in [1.165, 1.54) is 5.56 Å². The fraction of sp³-hybridized carbons (Fsp3) is 0.316. The Bertz CT molecular complexity index is 741. The van der Waals surface area contributed by atoms with Gasteiger partial charge in [-0.3, -0.25) is 4.79 Å². The summed E-state index contributed by atoms with van der Waals surface area (Å²) >= 11 is 0. The molecular weight excluding hydrogens is 290 g/mol. The van der Waals surface area contributed by atoms with Gasteiger partial charge in [0.05, 0.1) is 0 Å². The molecule has 0 spiro atoms. The molecule has 23 heavy (non-hydrogen) atoms. The molecule has 0 unspecified atom stereocenters. The molecule has 4 heteroatoms. The van der Waals surface area contributed by atoms with Crippen molar-refractivity contribution in [2.24, 2.45) is 0 Å². The van der Waals surface area contributed by atoms with Crippen LogP contribution in [0.1, 0.15) is 28.8 Å². The zero-order valence-electron chi connectivity index (χ0n) is 13.0. The number of carbonyl (C=O) groups is 1. The van der Waals surface area contributed by atoms with E-state index >= 15 is 0 Å². The molecule has 4 rings (SSSR count). The summed E-state index contributed by atoms with van der Waals surface area (Å²) in [6, 6.07) is 13.6. The molecule has 0 aliphatic carbocycles. The van der Waals surface area contributed by atoms with Crippen LogP contribution in [0.5, 0.6) is 11.5 Å². The second kappa shape index (κ2) is 5.95. The SMILES string of the molecule is O=C(c1ccc2c(c1)OCCO2)N1CCCCc2ccccc21. The number of amides is 1. The van der Waals surface area contributed by atoms with Gasteiger partial charge in [0.15, 0.2) is 11.5 Å². The van der Waals surface area contributed by atoms with Crippen LogP contribution in [-0.4, -0.2) is 25.7 Å². The molecule has 2 heterocycles. The van der Waals surface area contributed by atoms with Gasteiger partial charge in [-0.15, -0.1) is 0 Å². The highest BCUT2D eigenvalue weighted by Crippen LogP contribution is 2.33. The molecule has 0 saturated heterocycles. The van der Waals surface area contributed by atoms with E-state index in [9.17, 15) is 4.79 Å². The van der Waals surface area contributed by atoms with Crippen LogP contribution in [0.15, 0.2) is 42.5 Å². The molecule has 1 amide bonds. The minimum atomic E-state index is 0.0244. The number of carbonyl (C=O) groups excluding carboxylic acids is 1. The van der Waals surface area contributed by atoms with Crippen molar-refractivity contribution >= 4 is 11.6 Å². The third kappa shape index (κ3) is 2.65. The van der Waals surface area contributed by atoms with E-state index in [2.05, 4.69) is 6.07 Å². The maximum Gasteiger partial charge on any atom is 0.258 e. The van der Waals surface area contributed by atoms with Gasteiger partial charge in [-0.05, 0) is 49.1 Å². The highest BCUT2D eigenvalue weighted by molar-refractivity contribution is 6.07. The number of hydrogen-bond acceptors (Lipinski definition) is 3. The van der Waals surface area contributed by atoms with Crippen LogP contribution in [0.2, 0.25) is 0 Å². The van der Waals surface area contributed by atoms with Crippen molar-refractivity contribution in [3.05, 3.63) is 53.6 Å². The average molecular weight is 309 g/mol. The Morgan fingerprint density at radius 3 is 2.70 bits per heavy atom. The first kappa shape index (κ1) is 14.1. The predicted molar refractivity (Wildman–Crippen MR) is 88.5 cm³/mol. The van der Waals surface area contributed by atoms with Crippen LogP contribution >= 0.6 is 0 Å². The molecule has 0 atom stereocenters. The summed E-state index contributed by atoms with van der Waals surface area (Å²) in [4.78, 5) is 14.9. The lowest BCUT2D eigenvalue weighted by molar-refractivity contribution is 0.0985. The van der Waals surface area contributed by atoms with Crippen molar-refractivity contribution in [3.8, 4) is 11.5 Å². The average Bonchev–Trinajstić information content (AvgIpc) is 2.83. The Kier molecular flexibility index (Phi) is 3.66. The number of rotatable bonds is 1. The second-order valence-corrected chi connectivity index (χ2v) is 5.90. The van der Waals surface area contributed by atoms with Crippen molar-refractivity contribution in [2.75, 3.05) is 24.7 Å². The molecule has 0 bridgehead atoms. The minimum absolute atomic E-state index is 0.0244. The molecule has 0 radical (unpaired) electrons. The Labute approximate surface area is 135 Å². The van der Waals surface area contributed by atoms with E-state index in [0.29, 0.717) is 30.3 Å². The first-order valence-electron chi connectivity index (χ1n) is 8.12. The summed E-state index contributed by atoms with van der Waals surface area (Å²) in [6.45, 7) is 1.83. The number of benzene rings is 2. The van der Waals surface area contributed by atoms with Crippen LogP contribution in [-0.2, 0) is 6.42 Å². The van der Waals surface area contributed by atoms with E-state index in [1.807, 2.05) is 35.2 Å². The number of para-hydroxylation sites is 1. The number of ether oxygens (including phenoxy) is 2. The molecule has 0 aromatic heterocycles. The first-order valence-corrected chi connectivity index (χ1v) is 8.12. The van der Waals surface area contributed by atoms with Crippen molar-refractivity contribution in [3.63, 3.8) is 0 Å². The van der Waals surface area contributed by atoms with Crippen LogP contribution in [0.4, 0.5) is 5.69 Å². The molecule has 0 fully saturated rings. The Morgan fingerprint density at radius 2 is 1.78 bits per heavy atom. The topological polar surface area (TPSA) is 38.8 Å². The van der Waals surface area contributed by atoms with Gasteiger partial charge >= 0.3 is 0 Å². The zero-order valence-corrected chi connectivity index (χ0v) is 13.0. The summed E-state index contributed by atoms with van der Waals surface area (Å²) < 4.78 is 11.1. The lowest BCUT2D eigenvalue weighted by Gasteiger charge is -2.24.